The molecule has 3 aromatic carbocycles. The van der Waals surface area contributed by atoms with Gasteiger partial charge in [-0.1, -0.05) is 61.8 Å². The van der Waals surface area contributed by atoms with Gasteiger partial charge in [-0.05, 0) is 36.9 Å². The number of imide groups is 1. The van der Waals surface area contributed by atoms with E-state index >= 15 is 0 Å². The third kappa shape index (κ3) is 3.12. The molecule has 1 N–H and O–H groups in total. The molecule has 0 radical (unpaired) electrons. The smallest absolute Gasteiger partial charge is 0.259 e. The number of carbonyl (C=O) groups is 2. The molecule has 0 spiro atoms. The molecule has 1 aliphatic rings. The van der Waals surface area contributed by atoms with E-state index < -0.39 is 0 Å². The van der Waals surface area contributed by atoms with Crippen molar-refractivity contribution in [3.8, 4) is 11.1 Å². The number of hydrogen-bond donors (Lipinski definition) is 1. The van der Waals surface area contributed by atoms with Gasteiger partial charge in [0.25, 0.3) is 11.8 Å². The zero-order valence-electron chi connectivity index (χ0n) is 18.1. The lowest BCUT2D eigenvalue weighted by atomic mass is 9.93. The average Bonchev–Trinajstić information content (AvgIpc) is 3.28. The van der Waals surface area contributed by atoms with E-state index in [-0.39, 0.29) is 11.8 Å². The molecule has 162 valence electrons. The maximum Gasteiger partial charge on any atom is 0.259 e. The first kappa shape index (κ1) is 20.7. The van der Waals surface area contributed by atoms with Crippen LogP contribution in [0.15, 0.2) is 54.6 Å². The number of nitrogens with zero attached hydrogens (tertiary/aromatic N) is 2. The van der Waals surface area contributed by atoms with E-state index in [2.05, 4.69) is 34.7 Å². The molecular formula is C26H24ClN3O2. The van der Waals surface area contributed by atoms with Crippen molar-refractivity contribution in [2.75, 3.05) is 19.6 Å². The largest absolute Gasteiger partial charge is 0.339 e. The van der Waals surface area contributed by atoms with Crippen LogP contribution in [0.5, 0.6) is 0 Å². The number of aromatic nitrogens is 1. The Labute approximate surface area is 191 Å². The number of halogens is 1. The maximum absolute atomic E-state index is 13.0. The van der Waals surface area contributed by atoms with Gasteiger partial charge in [0.2, 0.25) is 0 Å². The number of rotatable bonds is 6. The highest BCUT2D eigenvalue weighted by molar-refractivity contribution is 6.36. The van der Waals surface area contributed by atoms with Crippen LogP contribution in [0.1, 0.15) is 34.6 Å². The standard InChI is InChI=1S/C26H24ClN3O2/c1-3-29(4-2)13-14-30-20-12-8-6-10-17(20)22-21(30)15-18(16-9-5-7-11-19(16)27)23-24(22)26(32)28-25(23)31/h5-12,15H,3-4,13-14H2,1-2H3,(H,28,31,32). The number of para-hydroxylation sites is 1. The van der Waals surface area contributed by atoms with Crippen molar-refractivity contribution in [3.63, 3.8) is 0 Å². The minimum absolute atomic E-state index is 0.351. The van der Waals surface area contributed by atoms with E-state index in [9.17, 15) is 9.59 Å². The Morgan fingerprint density at radius 2 is 1.56 bits per heavy atom. The molecule has 6 heteroatoms. The van der Waals surface area contributed by atoms with Gasteiger partial charge in [0.15, 0.2) is 0 Å². The number of carbonyl (C=O) groups excluding carboxylic acids is 2. The van der Waals surface area contributed by atoms with Crippen molar-refractivity contribution < 1.29 is 9.59 Å². The van der Waals surface area contributed by atoms with Crippen LogP contribution in [0.4, 0.5) is 0 Å². The Hall–Kier alpha value is -3.15. The monoisotopic (exact) mass is 445 g/mol. The van der Waals surface area contributed by atoms with Crippen LogP contribution >= 0.6 is 11.6 Å². The molecule has 1 aromatic heterocycles. The quantitative estimate of drug-likeness (QED) is 0.407. The van der Waals surface area contributed by atoms with E-state index in [0.717, 1.165) is 53.5 Å². The summed E-state index contributed by atoms with van der Waals surface area (Å²) in [6.45, 7) is 7.95. The lowest BCUT2D eigenvalue weighted by Gasteiger charge is -2.19. The Bertz CT molecular complexity index is 1390. The molecule has 0 fully saturated rings. The number of nitrogens with one attached hydrogen (secondary N) is 1. The zero-order valence-corrected chi connectivity index (χ0v) is 18.9. The van der Waals surface area contributed by atoms with Crippen molar-refractivity contribution >= 4 is 45.2 Å². The second-order valence-electron chi connectivity index (χ2n) is 8.03. The lowest BCUT2D eigenvalue weighted by Crippen LogP contribution is -2.27. The summed E-state index contributed by atoms with van der Waals surface area (Å²) in [7, 11) is 0. The summed E-state index contributed by atoms with van der Waals surface area (Å²) in [5, 5.41) is 4.86. The molecule has 0 bridgehead atoms. The first-order valence-electron chi connectivity index (χ1n) is 11.0. The molecule has 0 atom stereocenters. The van der Waals surface area contributed by atoms with Crippen LogP contribution in [0.3, 0.4) is 0 Å². The number of fused-ring (bicyclic) bond motifs is 5. The van der Waals surface area contributed by atoms with E-state index in [4.69, 9.17) is 11.6 Å². The number of hydrogen-bond acceptors (Lipinski definition) is 3. The second-order valence-corrected chi connectivity index (χ2v) is 8.43. The van der Waals surface area contributed by atoms with Crippen molar-refractivity contribution in [2.24, 2.45) is 0 Å². The third-order valence-corrected chi connectivity index (χ3v) is 6.77. The Kier molecular flexibility index (Phi) is 5.24. The summed E-state index contributed by atoms with van der Waals surface area (Å²) in [6.07, 6.45) is 0. The lowest BCUT2D eigenvalue weighted by molar-refractivity contribution is 0.0880. The van der Waals surface area contributed by atoms with Crippen LogP contribution < -0.4 is 5.32 Å². The van der Waals surface area contributed by atoms with E-state index in [1.165, 1.54) is 0 Å². The molecule has 0 aliphatic carbocycles. The van der Waals surface area contributed by atoms with Crippen molar-refractivity contribution in [1.29, 1.82) is 0 Å². The molecule has 0 saturated heterocycles. The van der Waals surface area contributed by atoms with Gasteiger partial charge in [-0.3, -0.25) is 14.9 Å². The van der Waals surface area contributed by atoms with E-state index in [1.54, 1.807) is 6.07 Å². The van der Waals surface area contributed by atoms with E-state index in [1.807, 2.05) is 42.5 Å². The van der Waals surface area contributed by atoms with Gasteiger partial charge in [-0.2, -0.15) is 0 Å². The molecule has 0 unspecified atom stereocenters. The molecule has 2 amide bonds. The summed E-state index contributed by atoms with van der Waals surface area (Å²) in [5.41, 5.74) is 4.28. The molecule has 5 rings (SSSR count). The molecule has 32 heavy (non-hydrogen) atoms. The summed E-state index contributed by atoms with van der Waals surface area (Å²) in [4.78, 5) is 28.2. The Balaban J connectivity index is 1.86. The highest BCUT2D eigenvalue weighted by Crippen LogP contribution is 2.41. The highest BCUT2D eigenvalue weighted by atomic mass is 35.5. The van der Waals surface area contributed by atoms with Crippen LogP contribution in [-0.4, -0.2) is 40.9 Å². The predicted molar refractivity (Wildman–Crippen MR) is 129 cm³/mol. The van der Waals surface area contributed by atoms with Crippen LogP contribution in [0, 0.1) is 0 Å². The third-order valence-electron chi connectivity index (χ3n) is 6.44. The molecule has 4 aromatic rings. The maximum atomic E-state index is 13.0. The van der Waals surface area contributed by atoms with Gasteiger partial charge in [0, 0.05) is 40.0 Å². The zero-order chi connectivity index (χ0) is 22.4. The minimum atomic E-state index is -0.373. The number of benzene rings is 3. The van der Waals surface area contributed by atoms with Crippen LogP contribution in [0.25, 0.3) is 32.9 Å². The highest BCUT2D eigenvalue weighted by Gasteiger charge is 2.34. The van der Waals surface area contributed by atoms with Gasteiger partial charge in [-0.25, -0.2) is 0 Å². The van der Waals surface area contributed by atoms with Gasteiger partial charge in [0.1, 0.15) is 0 Å². The summed E-state index contributed by atoms with van der Waals surface area (Å²) in [5.74, 6) is -0.725. The molecule has 2 heterocycles. The normalized spacial score (nSPS) is 13.4. The van der Waals surface area contributed by atoms with Crippen molar-refractivity contribution in [2.45, 2.75) is 20.4 Å². The van der Waals surface area contributed by atoms with Crippen molar-refractivity contribution in [3.05, 3.63) is 70.7 Å². The van der Waals surface area contributed by atoms with Crippen LogP contribution in [0.2, 0.25) is 5.02 Å². The Morgan fingerprint density at radius 3 is 2.31 bits per heavy atom. The fourth-order valence-corrected chi connectivity index (χ4v) is 5.05. The van der Waals surface area contributed by atoms with E-state index in [0.29, 0.717) is 21.7 Å². The van der Waals surface area contributed by atoms with Gasteiger partial charge in [-0.15, -0.1) is 0 Å². The number of amides is 2. The molecule has 0 saturated carbocycles. The van der Waals surface area contributed by atoms with Gasteiger partial charge < -0.3 is 9.47 Å². The number of likely N-dealkylation sites (N-methyl/N-ethyl adjacent to an activating group) is 1. The Morgan fingerprint density at radius 1 is 0.875 bits per heavy atom. The minimum Gasteiger partial charge on any atom is -0.339 e. The summed E-state index contributed by atoms with van der Waals surface area (Å²) in [6, 6.07) is 17.6. The van der Waals surface area contributed by atoms with Crippen molar-refractivity contribution in [1.82, 2.24) is 14.8 Å². The SMILES string of the molecule is CCN(CC)CCn1c2ccccc2c2c3c(c(-c4ccccc4Cl)cc21)C(=O)NC3=O. The van der Waals surface area contributed by atoms with Crippen LogP contribution in [-0.2, 0) is 6.54 Å². The topological polar surface area (TPSA) is 54.3 Å². The first-order chi connectivity index (χ1) is 15.5. The molecule has 5 nitrogen and oxygen atoms in total. The predicted octanol–water partition coefficient (Wildman–Crippen LogP) is 5.34. The second kappa shape index (κ2) is 8.08. The fraction of sp³-hybridized carbons (Fsp3) is 0.231. The fourth-order valence-electron chi connectivity index (χ4n) is 4.81. The van der Waals surface area contributed by atoms with Gasteiger partial charge in [0.05, 0.1) is 16.6 Å². The summed E-state index contributed by atoms with van der Waals surface area (Å²) >= 11 is 6.52. The molecular weight excluding hydrogens is 422 g/mol. The average molecular weight is 446 g/mol. The molecule has 1 aliphatic heterocycles. The summed E-state index contributed by atoms with van der Waals surface area (Å²) < 4.78 is 2.26. The van der Waals surface area contributed by atoms with Gasteiger partial charge >= 0.3 is 0 Å². The first-order valence-corrected chi connectivity index (χ1v) is 11.3.